The van der Waals surface area contributed by atoms with E-state index in [-0.39, 0.29) is 11.7 Å². The third-order valence-electron chi connectivity index (χ3n) is 3.70. The first-order chi connectivity index (χ1) is 9.67. The number of amides is 1. The van der Waals surface area contributed by atoms with E-state index in [4.69, 9.17) is 10.9 Å². The molecular weight excluding hydrogens is 254 g/mol. The molecule has 1 saturated carbocycles. The van der Waals surface area contributed by atoms with Gasteiger partial charge in [0.2, 0.25) is 5.91 Å². The molecule has 1 aliphatic rings. The SMILES string of the molecule is NC(Cc1ccc(NC(=O)CC2CCCC2)cc1)=NO. The number of hydrogen-bond donors (Lipinski definition) is 3. The molecule has 0 radical (unpaired) electrons. The van der Waals surface area contributed by atoms with Crippen molar-refractivity contribution in [3.63, 3.8) is 0 Å². The second-order valence-electron chi connectivity index (χ2n) is 5.37. The van der Waals surface area contributed by atoms with Gasteiger partial charge in [-0.3, -0.25) is 4.79 Å². The van der Waals surface area contributed by atoms with Gasteiger partial charge < -0.3 is 16.3 Å². The lowest BCUT2D eigenvalue weighted by Gasteiger charge is -2.10. The molecule has 0 unspecified atom stereocenters. The molecule has 0 aliphatic heterocycles. The number of oxime groups is 1. The van der Waals surface area contributed by atoms with E-state index < -0.39 is 0 Å². The van der Waals surface area contributed by atoms with Crippen molar-refractivity contribution < 1.29 is 10.0 Å². The summed E-state index contributed by atoms with van der Waals surface area (Å²) < 4.78 is 0. The minimum Gasteiger partial charge on any atom is -0.409 e. The van der Waals surface area contributed by atoms with Crippen LogP contribution in [-0.2, 0) is 11.2 Å². The van der Waals surface area contributed by atoms with Gasteiger partial charge in [0.25, 0.3) is 0 Å². The molecule has 4 N–H and O–H groups in total. The second-order valence-corrected chi connectivity index (χ2v) is 5.37. The standard InChI is InChI=1S/C15H21N3O2/c16-14(18-20)9-12-5-7-13(8-6-12)17-15(19)10-11-3-1-2-4-11/h5-8,11,20H,1-4,9-10H2,(H2,16,18)(H,17,19). The minimum absolute atomic E-state index is 0.0843. The van der Waals surface area contributed by atoms with Crippen LogP contribution in [0.1, 0.15) is 37.7 Å². The molecule has 1 aliphatic carbocycles. The number of rotatable bonds is 5. The molecule has 5 nitrogen and oxygen atoms in total. The third-order valence-corrected chi connectivity index (χ3v) is 3.70. The molecule has 0 aromatic heterocycles. The van der Waals surface area contributed by atoms with Gasteiger partial charge in [0.15, 0.2) is 0 Å². The van der Waals surface area contributed by atoms with Crippen LogP contribution in [0.2, 0.25) is 0 Å². The Balaban J connectivity index is 1.85. The lowest BCUT2D eigenvalue weighted by molar-refractivity contribution is -0.117. The Kier molecular flexibility index (Phi) is 4.98. The van der Waals surface area contributed by atoms with Crippen molar-refractivity contribution in [3.05, 3.63) is 29.8 Å². The number of carbonyl (C=O) groups is 1. The summed E-state index contributed by atoms with van der Waals surface area (Å²) in [6.45, 7) is 0. The summed E-state index contributed by atoms with van der Waals surface area (Å²) >= 11 is 0. The van der Waals surface area contributed by atoms with E-state index in [2.05, 4.69) is 10.5 Å². The average Bonchev–Trinajstić information content (AvgIpc) is 2.93. The van der Waals surface area contributed by atoms with E-state index >= 15 is 0 Å². The van der Waals surface area contributed by atoms with Crippen LogP contribution in [0.4, 0.5) is 5.69 Å². The van der Waals surface area contributed by atoms with Crippen LogP contribution in [0.25, 0.3) is 0 Å². The van der Waals surface area contributed by atoms with Crippen LogP contribution in [0.5, 0.6) is 0 Å². The highest BCUT2D eigenvalue weighted by Crippen LogP contribution is 2.27. The van der Waals surface area contributed by atoms with Gasteiger partial charge in [0, 0.05) is 18.5 Å². The van der Waals surface area contributed by atoms with Crippen molar-refractivity contribution in [2.75, 3.05) is 5.32 Å². The van der Waals surface area contributed by atoms with Crippen LogP contribution in [-0.4, -0.2) is 17.0 Å². The Hall–Kier alpha value is -2.04. The van der Waals surface area contributed by atoms with E-state index in [0.29, 0.717) is 18.8 Å². The Labute approximate surface area is 118 Å². The van der Waals surface area contributed by atoms with Crippen LogP contribution in [0.15, 0.2) is 29.4 Å². The predicted octanol–water partition coefficient (Wildman–Crippen LogP) is 2.49. The fourth-order valence-electron chi connectivity index (χ4n) is 2.64. The molecule has 0 atom stereocenters. The summed E-state index contributed by atoms with van der Waals surface area (Å²) in [6.07, 6.45) is 5.86. The first kappa shape index (κ1) is 14.4. The van der Waals surface area contributed by atoms with E-state index in [1.807, 2.05) is 24.3 Å². The van der Waals surface area contributed by atoms with E-state index in [1.165, 1.54) is 25.7 Å². The van der Waals surface area contributed by atoms with Gasteiger partial charge in [0.05, 0.1) is 0 Å². The summed E-state index contributed by atoms with van der Waals surface area (Å²) in [4.78, 5) is 11.9. The zero-order valence-corrected chi connectivity index (χ0v) is 11.5. The second kappa shape index (κ2) is 6.93. The maximum Gasteiger partial charge on any atom is 0.224 e. The normalized spacial score (nSPS) is 16.3. The fraction of sp³-hybridized carbons (Fsp3) is 0.467. The molecule has 0 bridgehead atoms. The highest BCUT2D eigenvalue weighted by atomic mass is 16.4. The van der Waals surface area contributed by atoms with Crippen molar-refractivity contribution in [1.82, 2.24) is 0 Å². The first-order valence-electron chi connectivity index (χ1n) is 7.02. The summed E-state index contributed by atoms with van der Waals surface area (Å²) in [7, 11) is 0. The Morgan fingerprint density at radius 2 is 1.95 bits per heavy atom. The maximum atomic E-state index is 11.9. The van der Waals surface area contributed by atoms with Gasteiger partial charge >= 0.3 is 0 Å². The topological polar surface area (TPSA) is 87.7 Å². The molecule has 0 heterocycles. The summed E-state index contributed by atoms with van der Waals surface area (Å²) in [5.74, 6) is 0.805. The first-order valence-corrected chi connectivity index (χ1v) is 7.02. The summed E-state index contributed by atoms with van der Waals surface area (Å²) in [6, 6.07) is 7.41. The Bertz CT molecular complexity index is 476. The van der Waals surface area contributed by atoms with Crippen LogP contribution in [0.3, 0.4) is 0 Å². The van der Waals surface area contributed by atoms with Crippen LogP contribution >= 0.6 is 0 Å². The Morgan fingerprint density at radius 1 is 1.30 bits per heavy atom. The van der Waals surface area contributed by atoms with E-state index in [9.17, 15) is 4.79 Å². The van der Waals surface area contributed by atoms with Gasteiger partial charge in [-0.2, -0.15) is 0 Å². The van der Waals surface area contributed by atoms with Crippen molar-refractivity contribution in [1.29, 1.82) is 0 Å². The van der Waals surface area contributed by atoms with Crippen molar-refractivity contribution in [2.45, 2.75) is 38.5 Å². The largest absolute Gasteiger partial charge is 0.409 e. The summed E-state index contributed by atoms with van der Waals surface area (Å²) in [5.41, 5.74) is 7.17. The van der Waals surface area contributed by atoms with Gasteiger partial charge in [-0.1, -0.05) is 30.1 Å². The number of nitrogens with zero attached hydrogens (tertiary/aromatic N) is 1. The number of nitrogens with two attached hydrogens (primary N) is 1. The molecule has 2 rings (SSSR count). The molecule has 20 heavy (non-hydrogen) atoms. The average molecular weight is 275 g/mol. The smallest absolute Gasteiger partial charge is 0.224 e. The zero-order valence-electron chi connectivity index (χ0n) is 11.5. The fourth-order valence-corrected chi connectivity index (χ4v) is 2.64. The molecule has 5 heteroatoms. The van der Waals surface area contributed by atoms with E-state index in [0.717, 1.165) is 11.3 Å². The number of amidine groups is 1. The molecule has 0 spiro atoms. The lowest BCUT2D eigenvalue weighted by atomic mass is 10.0. The maximum absolute atomic E-state index is 11.9. The van der Waals surface area contributed by atoms with Crippen molar-refractivity contribution in [3.8, 4) is 0 Å². The predicted molar refractivity (Wildman–Crippen MR) is 78.8 cm³/mol. The van der Waals surface area contributed by atoms with E-state index in [1.54, 1.807) is 0 Å². The molecule has 1 fully saturated rings. The van der Waals surface area contributed by atoms with Crippen LogP contribution < -0.4 is 11.1 Å². The number of benzene rings is 1. The molecular formula is C15H21N3O2. The molecule has 108 valence electrons. The molecule has 0 saturated heterocycles. The van der Waals surface area contributed by atoms with Crippen LogP contribution in [0, 0.1) is 5.92 Å². The quantitative estimate of drug-likeness (QED) is 0.334. The van der Waals surface area contributed by atoms with Gasteiger partial charge in [-0.15, -0.1) is 0 Å². The number of nitrogens with one attached hydrogen (secondary N) is 1. The number of anilines is 1. The minimum atomic E-state index is 0.0843. The molecule has 1 amide bonds. The van der Waals surface area contributed by atoms with Crippen molar-refractivity contribution >= 4 is 17.4 Å². The highest BCUT2D eigenvalue weighted by Gasteiger charge is 2.18. The van der Waals surface area contributed by atoms with Crippen molar-refractivity contribution in [2.24, 2.45) is 16.8 Å². The highest BCUT2D eigenvalue weighted by molar-refractivity contribution is 5.91. The molecule has 1 aromatic carbocycles. The monoisotopic (exact) mass is 275 g/mol. The van der Waals surface area contributed by atoms with Gasteiger partial charge in [-0.05, 0) is 36.5 Å². The third kappa shape index (κ3) is 4.26. The lowest BCUT2D eigenvalue weighted by Crippen LogP contribution is -2.16. The summed E-state index contributed by atoms with van der Waals surface area (Å²) in [5, 5.41) is 14.4. The van der Waals surface area contributed by atoms with Gasteiger partial charge in [0.1, 0.15) is 5.84 Å². The van der Waals surface area contributed by atoms with Gasteiger partial charge in [-0.25, -0.2) is 0 Å². The Morgan fingerprint density at radius 3 is 2.55 bits per heavy atom. The molecule has 1 aromatic rings. The number of hydrogen-bond acceptors (Lipinski definition) is 3. The zero-order chi connectivity index (χ0) is 14.4. The number of carbonyl (C=O) groups excluding carboxylic acids is 1.